The van der Waals surface area contributed by atoms with E-state index in [1.54, 1.807) is 12.4 Å². The molecule has 0 bridgehead atoms. The van der Waals surface area contributed by atoms with Gasteiger partial charge in [0.15, 0.2) is 0 Å². The molecule has 8 nitrogen and oxygen atoms in total. The number of ether oxygens (including phenoxy) is 1. The van der Waals surface area contributed by atoms with Crippen LogP contribution in [0, 0.1) is 0 Å². The molecule has 0 saturated carbocycles. The van der Waals surface area contributed by atoms with Gasteiger partial charge >= 0.3 is 5.97 Å². The maximum absolute atomic E-state index is 12.6. The number of hydrogen-bond donors (Lipinski definition) is 1. The number of likely N-dealkylation sites (tertiary alicyclic amines) is 1. The van der Waals surface area contributed by atoms with Gasteiger partial charge in [0, 0.05) is 57.3 Å². The third kappa shape index (κ3) is 5.15. The van der Waals surface area contributed by atoms with E-state index in [0.717, 1.165) is 45.6 Å². The molecule has 0 spiro atoms. The molecule has 26 heavy (non-hydrogen) atoms. The standard InChI is InChI=1S/C18H26N4O4/c23-17(22-7-1-2-16(12-22)26-14-18(24)25)13-20-8-10-21(11-9-20)15-3-5-19-6-4-15/h3-6,16H,1-2,7-14H2,(H,24,25). The third-order valence-corrected chi connectivity index (χ3v) is 4.93. The van der Waals surface area contributed by atoms with Crippen molar-refractivity contribution in [2.45, 2.75) is 18.9 Å². The lowest BCUT2D eigenvalue weighted by molar-refractivity contribution is -0.147. The van der Waals surface area contributed by atoms with Crippen LogP contribution in [-0.2, 0) is 14.3 Å². The Labute approximate surface area is 153 Å². The van der Waals surface area contributed by atoms with Crippen molar-refractivity contribution in [1.82, 2.24) is 14.8 Å². The average molecular weight is 362 g/mol. The van der Waals surface area contributed by atoms with Crippen molar-refractivity contribution in [1.29, 1.82) is 0 Å². The van der Waals surface area contributed by atoms with Gasteiger partial charge in [-0.15, -0.1) is 0 Å². The molecule has 142 valence electrons. The molecule has 3 heterocycles. The Morgan fingerprint density at radius 2 is 1.88 bits per heavy atom. The molecular weight excluding hydrogens is 336 g/mol. The number of anilines is 1. The number of pyridine rings is 1. The highest BCUT2D eigenvalue weighted by Crippen LogP contribution is 2.16. The summed E-state index contributed by atoms with van der Waals surface area (Å²) >= 11 is 0. The summed E-state index contributed by atoms with van der Waals surface area (Å²) in [6, 6.07) is 4.01. The van der Waals surface area contributed by atoms with E-state index in [-0.39, 0.29) is 18.6 Å². The van der Waals surface area contributed by atoms with E-state index < -0.39 is 5.97 Å². The highest BCUT2D eigenvalue weighted by Gasteiger charge is 2.27. The molecule has 0 radical (unpaired) electrons. The summed E-state index contributed by atoms with van der Waals surface area (Å²) in [4.78, 5) is 33.6. The number of piperazine rings is 1. The van der Waals surface area contributed by atoms with Crippen LogP contribution < -0.4 is 4.90 Å². The number of carboxylic acids is 1. The zero-order chi connectivity index (χ0) is 18.4. The summed E-state index contributed by atoms with van der Waals surface area (Å²) in [5, 5.41) is 8.72. The molecule has 1 atom stereocenters. The highest BCUT2D eigenvalue weighted by molar-refractivity contribution is 5.78. The second-order valence-electron chi connectivity index (χ2n) is 6.78. The Balaban J connectivity index is 1.43. The number of aromatic nitrogens is 1. The first-order chi connectivity index (χ1) is 12.6. The summed E-state index contributed by atoms with van der Waals surface area (Å²) in [5.41, 5.74) is 1.17. The smallest absolute Gasteiger partial charge is 0.329 e. The van der Waals surface area contributed by atoms with Crippen molar-refractivity contribution in [2.75, 3.05) is 57.3 Å². The van der Waals surface area contributed by atoms with E-state index in [0.29, 0.717) is 13.1 Å². The predicted molar refractivity (Wildman–Crippen MR) is 96.1 cm³/mol. The van der Waals surface area contributed by atoms with Crippen LogP contribution in [0.15, 0.2) is 24.5 Å². The van der Waals surface area contributed by atoms with Crippen LogP contribution in [0.2, 0.25) is 0 Å². The van der Waals surface area contributed by atoms with Gasteiger partial charge in [-0.2, -0.15) is 0 Å². The average Bonchev–Trinajstić information content (AvgIpc) is 2.68. The van der Waals surface area contributed by atoms with Crippen molar-refractivity contribution < 1.29 is 19.4 Å². The van der Waals surface area contributed by atoms with E-state index in [1.807, 2.05) is 17.0 Å². The molecule has 1 amide bonds. The number of carboxylic acid groups (broad SMARTS) is 1. The molecule has 2 aliphatic heterocycles. The maximum atomic E-state index is 12.6. The van der Waals surface area contributed by atoms with Crippen LogP contribution in [0.4, 0.5) is 5.69 Å². The van der Waals surface area contributed by atoms with Crippen molar-refractivity contribution in [3.8, 4) is 0 Å². The number of nitrogens with zero attached hydrogens (tertiary/aromatic N) is 4. The van der Waals surface area contributed by atoms with Crippen molar-refractivity contribution in [3.63, 3.8) is 0 Å². The van der Waals surface area contributed by atoms with Gasteiger partial charge in [0.05, 0.1) is 12.6 Å². The summed E-state index contributed by atoms with van der Waals surface area (Å²) in [6.45, 7) is 4.80. The molecule has 1 aromatic heterocycles. The predicted octanol–water partition coefficient (Wildman–Crippen LogP) is 0.296. The zero-order valence-electron chi connectivity index (χ0n) is 14.9. The first kappa shape index (κ1) is 18.6. The summed E-state index contributed by atoms with van der Waals surface area (Å²) in [7, 11) is 0. The fraction of sp³-hybridized carbons (Fsp3) is 0.611. The lowest BCUT2D eigenvalue weighted by atomic mass is 10.1. The second-order valence-corrected chi connectivity index (χ2v) is 6.78. The van der Waals surface area contributed by atoms with Crippen molar-refractivity contribution in [2.24, 2.45) is 0 Å². The van der Waals surface area contributed by atoms with Crippen LogP contribution in [0.25, 0.3) is 0 Å². The number of carbonyl (C=O) groups is 2. The van der Waals surface area contributed by atoms with Gasteiger partial charge < -0.3 is 19.6 Å². The van der Waals surface area contributed by atoms with Gasteiger partial charge in [0.25, 0.3) is 0 Å². The Hall–Kier alpha value is -2.19. The Morgan fingerprint density at radius 3 is 2.58 bits per heavy atom. The molecule has 1 unspecified atom stereocenters. The molecular formula is C18H26N4O4. The number of carbonyl (C=O) groups excluding carboxylic acids is 1. The fourth-order valence-corrected chi connectivity index (χ4v) is 3.50. The summed E-state index contributed by atoms with van der Waals surface area (Å²) < 4.78 is 5.36. The number of piperidine rings is 1. The highest BCUT2D eigenvalue weighted by atomic mass is 16.5. The van der Waals surface area contributed by atoms with E-state index in [2.05, 4.69) is 14.8 Å². The van der Waals surface area contributed by atoms with Crippen LogP contribution in [0.3, 0.4) is 0 Å². The zero-order valence-corrected chi connectivity index (χ0v) is 14.9. The molecule has 8 heteroatoms. The molecule has 2 aliphatic rings. The largest absolute Gasteiger partial charge is 0.480 e. The molecule has 0 aromatic carbocycles. The number of aliphatic carboxylic acids is 1. The first-order valence-corrected chi connectivity index (χ1v) is 9.10. The topological polar surface area (TPSA) is 86.2 Å². The number of rotatable bonds is 6. The monoisotopic (exact) mass is 362 g/mol. The van der Waals surface area contributed by atoms with Crippen molar-refractivity contribution >= 4 is 17.6 Å². The second kappa shape index (κ2) is 8.95. The molecule has 0 aliphatic carbocycles. The van der Waals surface area contributed by atoms with Gasteiger partial charge in [-0.1, -0.05) is 0 Å². The van der Waals surface area contributed by atoms with E-state index in [4.69, 9.17) is 9.84 Å². The van der Waals surface area contributed by atoms with Crippen LogP contribution in [-0.4, -0.2) is 90.3 Å². The van der Waals surface area contributed by atoms with Gasteiger partial charge in [-0.25, -0.2) is 4.79 Å². The van der Waals surface area contributed by atoms with Crippen LogP contribution >= 0.6 is 0 Å². The molecule has 3 rings (SSSR count). The summed E-state index contributed by atoms with van der Waals surface area (Å²) in [5.74, 6) is -0.869. The van der Waals surface area contributed by atoms with Crippen LogP contribution in [0.1, 0.15) is 12.8 Å². The Kier molecular flexibility index (Phi) is 6.40. The summed E-state index contributed by atoms with van der Waals surface area (Å²) in [6.07, 6.45) is 5.08. The minimum atomic E-state index is -0.972. The van der Waals surface area contributed by atoms with Gasteiger partial charge in [-0.05, 0) is 25.0 Å². The Bertz CT molecular complexity index is 604. The maximum Gasteiger partial charge on any atom is 0.329 e. The minimum Gasteiger partial charge on any atom is -0.480 e. The first-order valence-electron chi connectivity index (χ1n) is 9.10. The minimum absolute atomic E-state index is 0.103. The molecule has 2 saturated heterocycles. The van der Waals surface area contributed by atoms with Crippen LogP contribution in [0.5, 0.6) is 0 Å². The lowest BCUT2D eigenvalue weighted by Gasteiger charge is -2.38. The van der Waals surface area contributed by atoms with E-state index >= 15 is 0 Å². The SMILES string of the molecule is O=C(O)COC1CCCN(C(=O)CN2CCN(c3ccncc3)CC2)C1. The van der Waals surface area contributed by atoms with Crippen molar-refractivity contribution in [3.05, 3.63) is 24.5 Å². The van der Waals surface area contributed by atoms with Gasteiger partial charge in [-0.3, -0.25) is 14.7 Å². The molecule has 1 N–H and O–H groups in total. The lowest BCUT2D eigenvalue weighted by Crippen LogP contribution is -2.52. The van der Waals surface area contributed by atoms with Gasteiger partial charge in [0.2, 0.25) is 5.91 Å². The number of amides is 1. The Morgan fingerprint density at radius 1 is 1.15 bits per heavy atom. The fourth-order valence-electron chi connectivity index (χ4n) is 3.50. The van der Waals surface area contributed by atoms with E-state index in [9.17, 15) is 9.59 Å². The van der Waals surface area contributed by atoms with Gasteiger partial charge in [0.1, 0.15) is 6.61 Å². The quantitative estimate of drug-likeness (QED) is 0.779. The molecule has 2 fully saturated rings. The normalized spacial score (nSPS) is 21.6. The molecule has 1 aromatic rings. The van der Waals surface area contributed by atoms with E-state index in [1.165, 1.54) is 5.69 Å². The third-order valence-electron chi connectivity index (χ3n) is 4.93. The number of hydrogen-bond acceptors (Lipinski definition) is 6.